The average molecular weight is 390 g/mol. The van der Waals surface area contributed by atoms with Gasteiger partial charge in [0.2, 0.25) is 5.78 Å². The minimum Gasteiger partial charge on any atom is -0.485 e. The molecule has 0 spiro atoms. The summed E-state index contributed by atoms with van der Waals surface area (Å²) in [5, 5.41) is -0.0579. The van der Waals surface area contributed by atoms with Gasteiger partial charge >= 0.3 is 0 Å². The van der Waals surface area contributed by atoms with Gasteiger partial charge in [0.15, 0.2) is 6.61 Å². The minimum atomic E-state index is -0.542. The molecule has 6 heteroatoms. The maximum absolute atomic E-state index is 13.2. The standard InChI is InChI=1S/C21H18ClF2NO2/c1-13-9-18(14(2)25(13)11-15-3-5-16(23)6-4-15)21(26)12-27-17-7-8-20(24)19(22)10-17/h3-10H,11-12H2,1-2H3. The fourth-order valence-electron chi connectivity index (χ4n) is 2.89. The van der Waals surface area contributed by atoms with Crippen LogP contribution in [-0.2, 0) is 6.54 Å². The van der Waals surface area contributed by atoms with Crippen molar-refractivity contribution in [2.24, 2.45) is 0 Å². The van der Waals surface area contributed by atoms with Crippen LogP contribution in [0.1, 0.15) is 27.3 Å². The van der Waals surface area contributed by atoms with Crippen molar-refractivity contribution >= 4 is 17.4 Å². The van der Waals surface area contributed by atoms with Gasteiger partial charge in [-0.05, 0) is 49.7 Å². The summed E-state index contributed by atoms with van der Waals surface area (Å²) >= 11 is 5.72. The minimum absolute atomic E-state index is 0.0579. The number of carbonyl (C=O) groups is 1. The summed E-state index contributed by atoms with van der Waals surface area (Å²) in [5.74, 6) is -0.683. The first-order chi connectivity index (χ1) is 12.8. The van der Waals surface area contributed by atoms with Crippen molar-refractivity contribution in [2.45, 2.75) is 20.4 Å². The molecular formula is C21H18ClF2NO2. The molecule has 3 nitrogen and oxygen atoms in total. The molecule has 140 valence electrons. The van der Waals surface area contributed by atoms with Crippen molar-refractivity contribution < 1.29 is 18.3 Å². The van der Waals surface area contributed by atoms with E-state index in [1.54, 1.807) is 12.1 Å². The number of hydrogen-bond acceptors (Lipinski definition) is 2. The molecule has 27 heavy (non-hydrogen) atoms. The molecule has 0 fully saturated rings. The molecule has 1 heterocycles. The maximum Gasteiger partial charge on any atom is 0.202 e. The summed E-state index contributed by atoms with van der Waals surface area (Å²) in [5.41, 5.74) is 3.23. The van der Waals surface area contributed by atoms with Gasteiger partial charge < -0.3 is 9.30 Å². The lowest BCUT2D eigenvalue weighted by atomic mass is 10.1. The van der Waals surface area contributed by atoms with Gasteiger partial charge in [0.05, 0.1) is 5.02 Å². The predicted molar refractivity (Wildman–Crippen MR) is 101 cm³/mol. The molecule has 0 aliphatic rings. The first-order valence-electron chi connectivity index (χ1n) is 8.37. The number of carbonyl (C=O) groups excluding carboxylic acids is 1. The van der Waals surface area contributed by atoms with Crippen LogP contribution in [0.15, 0.2) is 48.5 Å². The number of aromatic nitrogens is 1. The molecule has 0 unspecified atom stereocenters. The maximum atomic E-state index is 13.2. The van der Waals surface area contributed by atoms with Crippen molar-refractivity contribution in [1.82, 2.24) is 4.57 Å². The van der Waals surface area contributed by atoms with Crippen LogP contribution in [0.3, 0.4) is 0 Å². The van der Waals surface area contributed by atoms with Gasteiger partial charge in [-0.25, -0.2) is 8.78 Å². The Bertz CT molecular complexity index is 981. The van der Waals surface area contributed by atoms with E-state index in [9.17, 15) is 13.6 Å². The second-order valence-electron chi connectivity index (χ2n) is 6.29. The lowest BCUT2D eigenvalue weighted by molar-refractivity contribution is 0.0920. The molecule has 0 N–H and O–H groups in total. The van der Waals surface area contributed by atoms with Gasteiger partial charge in [-0.2, -0.15) is 0 Å². The SMILES string of the molecule is Cc1cc(C(=O)COc2ccc(F)c(Cl)c2)c(C)n1Cc1ccc(F)cc1. The highest BCUT2D eigenvalue weighted by Crippen LogP contribution is 2.22. The second kappa shape index (κ2) is 7.92. The van der Waals surface area contributed by atoms with Crippen LogP contribution in [0.4, 0.5) is 8.78 Å². The van der Waals surface area contributed by atoms with Gasteiger partial charge in [-0.15, -0.1) is 0 Å². The fraction of sp³-hybridized carbons (Fsp3) is 0.190. The van der Waals surface area contributed by atoms with E-state index in [0.29, 0.717) is 17.9 Å². The number of aryl methyl sites for hydroxylation is 1. The first kappa shape index (κ1) is 19.1. The van der Waals surface area contributed by atoms with Crippen LogP contribution in [0.2, 0.25) is 5.02 Å². The van der Waals surface area contributed by atoms with Gasteiger partial charge in [0, 0.05) is 29.6 Å². The largest absolute Gasteiger partial charge is 0.485 e. The molecule has 0 radical (unpaired) electrons. The Kier molecular flexibility index (Phi) is 5.61. The number of rotatable bonds is 6. The van der Waals surface area contributed by atoms with Crippen LogP contribution in [0.25, 0.3) is 0 Å². The van der Waals surface area contributed by atoms with Gasteiger partial charge in [0.25, 0.3) is 0 Å². The van der Waals surface area contributed by atoms with Crippen molar-refractivity contribution in [2.75, 3.05) is 6.61 Å². The molecule has 2 aromatic carbocycles. The molecule has 0 atom stereocenters. The molecule has 0 saturated heterocycles. The van der Waals surface area contributed by atoms with E-state index in [4.69, 9.17) is 16.3 Å². The van der Waals surface area contributed by atoms with E-state index in [2.05, 4.69) is 0 Å². The Morgan fingerprint density at radius 3 is 2.44 bits per heavy atom. The van der Waals surface area contributed by atoms with Crippen LogP contribution in [0, 0.1) is 25.5 Å². The summed E-state index contributed by atoms with van der Waals surface area (Å²) in [7, 11) is 0. The molecule has 3 aromatic rings. The third-order valence-electron chi connectivity index (χ3n) is 4.39. The lowest BCUT2D eigenvalue weighted by Crippen LogP contribution is -2.13. The molecule has 0 aliphatic carbocycles. The van der Waals surface area contributed by atoms with E-state index >= 15 is 0 Å². The summed E-state index contributed by atoms with van der Waals surface area (Å²) in [6.45, 7) is 4.13. The van der Waals surface area contributed by atoms with Crippen LogP contribution in [-0.4, -0.2) is 17.0 Å². The van der Waals surface area contributed by atoms with E-state index in [0.717, 1.165) is 17.0 Å². The van der Waals surface area contributed by atoms with E-state index < -0.39 is 5.82 Å². The quantitative estimate of drug-likeness (QED) is 0.532. The van der Waals surface area contributed by atoms with Crippen LogP contribution in [0.5, 0.6) is 5.75 Å². The number of halogens is 3. The topological polar surface area (TPSA) is 31.2 Å². The Labute approximate surface area is 161 Å². The highest BCUT2D eigenvalue weighted by atomic mass is 35.5. The van der Waals surface area contributed by atoms with E-state index in [1.807, 2.05) is 24.5 Å². The molecule has 0 saturated carbocycles. The zero-order valence-corrected chi connectivity index (χ0v) is 15.7. The Morgan fingerprint density at radius 2 is 1.78 bits per heavy atom. The molecule has 3 rings (SSSR count). The van der Waals surface area contributed by atoms with E-state index in [1.165, 1.54) is 30.3 Å². The Morgan fingerprint density at radius 1 is 1.07 bits per heavy atom. The van der Waals surface area contributed by atoms with Crippen molar-refractivity contribution in [3.8, 4) is 5.75 Å². The summed E-state index contributed by atoms with van der Waals surface area (Å²) in [4.78, 5) is 12.6. The molecule has 0 aliphatic heterocycles. The Balaban J connectivity index is 1.73. The molecule has 0 bridgehead atoms. The fourth-order valence-corrected chi connectivity index (χ4v) is 3.06. The van der Waals surface area contributed by atoms with E-state index in [-0.39, 0.29) is 23.2 Å². The number of ketones is 1. The van der Waals surface area contributed by atoms with Crippen molar-refractivity contribution in [3.63, 3.8) is 0 Å². The number of ether oxygens (including phenoxy) is 1. The lowest BCUT2D eigenvalue weighted by Gasteiger charge is -2.10. The molecule has 0 amide bonds. The zero-order chi connectivity index (χ0) is 19.6. The van der Waals surface area contributed by atoms with Crippen molar-refractivity contribution in [3.05, 3.63) is 87.7 Å². The highest BCUT2D eigenvalue weighted by Gasteiger charge is 2.17. The predicted octanol–water partition coefficient (Wildman–Crippen LogP) is 5.35. The monoisotopic (exact) mass is 389 g/mol. The summed E-state index contributed by atoms with van der Waals surface area (Å²) in [6.07, 6.45) is 0. The van der Waals surface area contributed by atoms with Crippen LogP contribution >= 0.6 is 11.6 Å². The van der Waals surface area contributed by atoms with Crippen LogP contribution < -0.4 is 4.74 Å². The van der Waals surface area contributed by atoms with Gasteiger partial charge in [0.1, 0.15) is 17.4 Å². The number of nitrogens with zero attached hydrogens (tertiary/aromatic N) is 1. The van der Waals surface area contributed by atoms with Crippen molar-refractivity contribution in [1.29, 1.82) is 0 Å². The summed E-state index contributed by atoms with van der Waals surface area (Å²) < 4.78 is 33.7. The first-order valence-corrected chi connectivity index (χ1v) is 8.75. The zero-order valence-electron chi connectivity index (χ0n) is 14.9. The number of benzene rings is 2. The number of Topliss-reactive ketones (excluding diaryl/α,β-unsaturated/α-hetero) is 1. The molecule has 1 aromatic heterocycles. The average Bonchev–Trinajstić information content (AvgIpc) is 2.92. The third kappa shape index (κ3) is 4.37. The molecular weight excluding hydrogens is 372 g/mol. The summed E-state index contributed by atoms with van der Waals surface area (Å²) in [6, 6.07) is 12.0. The Hall–Kier alpha value is -2.66. The third-order valence-corrected chi connectivity index (χ3v) is 4.68. The number of hydrogen-bond donors (Lipinski definition) is 0. The second-order valence-corrected chi connectivity index (χ2v) is 6.69. The highest BCUT2D eigenvalue weighted by molar-refractivity contribution is 6.30. The van der Waals surface area contributed by atoms with Gasteiger partial charge in [-0.1, -0.05) is 23.7 Å². The normalized spacial score (nSPS) is 10.9. The van der Waals surface area contributed by atoms with Gasteiger partial charge in [-0.3, -0.25) is 4.79 Å². The smallest absolute Gasteiger partial charge is 0.202 e.